The van der Waals surface area contributed by atoms with Crippen LogP contribution in [0.25, 0.3) is 10.9 Å². The van der Waals surface area contributed by atoms with Crippen molar-refractivity contribution in [3.05, 3.63) is 47.8 Å². The number of rotatable bonds is 8. The maximum atomic E-state index is 13.0. The van der Waals surface area contributed by atoms with Gasteiger partial charge in [0.2, 0.25) is 5.82 Å². The van der Waals surface area contributed by atoms with Crippen molar-refractivity contribution in [3.63, 3.8) is 0 Å². The number of nitrogens with two attached hydrogens (primary N) is 2. The van der Waals surface area contributed by atoms with Crippen LogP contribution in [0.1, 0.15) is 47.6 Å². The molecule has 2 heterocycles. The molecule has 0 saturated heterocycles. The largest absolute Gasteiger partial charge is 0.480 e. The fourth-order valence-corrected chi connectivity index (χ4v) is 4.29. The number of anilines is 1. The summed E-state index contributed by atoms with van der Waals surface area (Å²) in [6.07, 6.45) is 6.70. The highest BCUT2D eigenvalue weighted by atomic mass is 16.4. The third-order valence-corrected chi connectivity index (χ3v) is 6.00. The van der Waals surface area contributed by atoms with E-state index >= 15 is 0 Å². The molecule has 12 nitrogen and oxygen atoms in total. The van der Waals surface area contributed by atoms with Crippen LogP contribution in [0.3, 0.4) is 0 Å². The zero-order chi connectivity index (χ0) is 24.9. The van der Waals surface area contributed by atoms with Gasteiger partial charge in [0.05, 0.1) is 23.9 Å². The van der Waals surface area contributed by atoms with Crippen molar-refractivity contribution in [2.75, 3.05) is 5.32 Å². The highest BCUT2D eigenvalue weighted by molar-refractivity contribution is 5.98. The third-order valence-electron chi connectivity index (χ3n) is 6.00. The van der Waals surface area contributed by atoms with Crippen LogP contribution in [0.2, 0.25) is 0 Å². The number of aryl methyl sites for hydroxylation is 1. The molecule has 3 atom stereocenters. The second-order valence-corrected chi connectivity index (χ2v) is 8.72. The van der Waals surface area contributed by atoms with Gasteiger partial charge in [-0.25, -0.2) is 24.7 Å². The molecular weight excluding hydrogens is 450 g/mol. The normalized spacial score (nSPS) is 18.5. The first-order valence-corrected chi connectivity index (χ1v) is 11.4. The van der Waals surface area contributed by atoms with Gasteiger partial charge in [-0.05, 0) is 31.9 Å². The number of carbonyl (C=O) groups excluding carboxylic acids is 1. The summed E-state index contributed by atoms with van der Waals surface area (Å²) < 4.78 is 0. The number of aliphatic imine (C=N–C) groups is 1. The Morgan fingerprint density at radius 1 is 1.26 bits per heavy atom. The van der Waals surface area contributed by atoms with Gasteiger partial charge in [0, 0.05) is 23.7 Å². The Morgan fingerprint density at radius 3 is 2.77 bits per heavy atom. The Kier molecular flexibility index (Phi) is 7.09. The number of nitrogens with one attached hydrogen (secondary N) is 3. The highest BCUT2D eigenvalue weighted by Crippen LogP contribution is 2.28. The van der Waals surface area contributed by atoms with Gasteiger partial charge in [0.15, 0.2) is 5.96 Å². The number of imidazole rings is 1. The van der Waals surface area contributed by atoms with E-state index in [1.807, 2.05) is 25.1 Å². The minimum Gasteiger partial charge on any atom is -0.480 e. The summed E-state index contributed by atoms with van der Waals surface area (Å²) in [6, 6.07) is 4.26. The summed E-state index contributed by atoms with van der Waals surface area (Å²) in [7, 11) is 0. The van der Waals surface area contributed by atoms with Crippen LogP contribution in [-0.4, -0.2) is 61.0 Å². The van der Waals surface area contributed by atoms with E-state index in [2.05, 4.69) is 35.6 Å². The number of benzene rings is 1. The average molecular weight is 480 g/mol. The molecule has 8 N–H and O–H groups in total. The molecule has 35 heavy (non-hydrogen) atoms. The van der Waals surface area contributed by atoms with Gasteiger partial charge >= 0.3 is 5.97 Å². The van der Waals surface area contributed by atoms with Gasteiger partial charge < -0.3 is 32.2 Å². The number of hydrogen-bond acceptors (Lipinski definition) is 7. The SMILES string of the molecule is Cc1ccc2nc(C(=O)N[C@@H](Cc3cnc[nH]3)C(=O)O)nc(NC3CCCCC3N=C(N)N)c2c1. The lowest BCUT2D eigenvalue weighted by Crippen LogP contribution is -2.43. The molecule has 2 aromatic heterocycles. The molecule has 184 valence electrons. The first-order chi connectivity index (χ1) is 16.8. The van der Waals surface area contributed by atoms with E-state index in [0.717, 1.165) is 36.6 Å². The molecular formula is C23H29N9O3. The van der Waals surface area contributed by atoms with Crippen LogP contribution in [0, 0.1) is 6.92 Å². The molecule has 1 saturated carbocycles. The lowest BCUT2D eigenvalue weighted by atomic mass is 9.90. The van der Waals surface area contributed by atoms with Gasteiger partial charge in [0.1, 0.15) is 11.9 Å². The number of aliphatic carboxylic acids is 1. The van der Waals surface area contributed by atoms with Crippen molar-refractivity contribution in [2.24, 2.45) is 16.5 Å². The minimum absolute atomic E-state index is 0.0316. The molecule has 12 heteroatoms. The number of aromatic amines is 1. The fourth-order valence-electron chi connectivity index (χ4n) is 4.29. The van der Waals surface area contributed by atoms with Crippen molar-refractivity contribution >= 4 is 34.6 Å². The number of guanidine groups is 1. The third kappa shape index (κ3) is 5.83. The lowest BCUT2D eigenvalue weighted by Gasteiger charge is -2.30. The maximum absolute atomic E-state index is 13.0. The summed E-state index contributed by atoms with van der Waals surface area (Å²) in [5.41, 5.74) is 13.4. The number of carboxylic acids is 1. The molecule has 0 spiro atoms. The van der Waals surface area contributed by atoms with Crippen LogP contribution in [0.5, 0.6) is 0 Å². The molecule has 1 aromatic carbocycles. The van der Waals surface area contributed by atoms with Gasteiger partial charge in [0.25, 0.3) is 5.91 Å². The standard InChI is InChI=1S/C23H29N9O3/c1-12-6-7-15-14(8-12)19(29-16-4-2-3-5-17(16)31-23(24)25)32-20(28-15)21(33)30-18(22(34)35)9-13-10-26-11-27-13/h6-8,10-11,16-18H,2-5,9H2,1H3,(H,26,27)(H,30,33)(H,34,35)(H4,24,25,31)(H,28,29,32)/t16?,17?,18-/m0/s1. The molecule has 3 aromatic rings. The first kappa shape index (κ1) is 23.9. The highest BCUT2D eigenvalue weighted by Gasteiger charge is 2.28. The average Bonchev–Trinajstić information content (AvgIpc) is 3.33. The summed E-state index contributed by atoms with van der Waals surface area (Å²) in [4.78, 5) is 44.8. The zero-order valence-corrected chi connectivity index (χ0v) is 19.4. The molecule has 4 rings (SSSR count). The number of hydrogen-bond donors (Lipinski definition) is 6. The van der Waals surface area contributed by atoms with E-state index in [1.54, 1.807) is 0 Å². The smallest absolute Gasteiger partial charge is 0.326 e. The van der Waals surface area contributed by atoms with Crippen LogP contribution < -0.4 is 22.1 Å². The Morgan fingerprint density at radius 2 is 2.06 bits per heavy atom. The second-order valence-electron chi connectivity index (χ2n) is 8.72. The van der Waals surface area contributed by atoms with Crippen molar-refractivity contribution in [2.45, 2.75) is 57.2 Å². The minimum atomic E-state index is -1.18. The topological polar surface area (TPSA) is 197 Å². The summed E-state index contributed by atoms with van der Waals surface area (Å²) in [6.45, 7) is 1.96. The molecule has 1 amide bonds. The summed E-state index contributed by atoms with van der Waals surface area (Å²) in [5.74, 6) is -1.48. The van der Waals surface area contributed by atoms with Crippen LogP contribution in [-0.2, 0) is 11.2 Å². The monoisotopic (exact) mass is 479 g/mol. The van der Waals surface area contributed by atoms with Gasteiger partial charge in [-0.1, -0.05) is 24.5 Å². The van der Waals surface area contributed by atoms with E-state index in [9.17, 15) is 14.7 Å². The number of aromatic nitrogens is 4. The van der Waals surface area contributed by atoms with Crippen molar-refractivity contribution in [1.82, 2.24) is 25.3 Å². The van der Waals surface area contributed by atoms with Crippen LogP contribution in [0.4, 0.5) is 5.82 Å². The molecule has 0 radical (unpaired) electrons. The molecule has 2 unspecified atom stereocenters. The van der Waals surface area contributed by atoms with E-state index in [1.165, 1.54) is 12.5 Å². The zero-order valence-electron chi connectivity index (χ0n) is 19.4. The number of nitrogens with zero attached hydrogens (tertiary/aromatic N) is 4. The molecule has 1 fully saturated rings. The maximum Gasteiger partial charge on any atom is 0.326 e. The number of fused-ring (bicyclic) bond motifs is 1. The predicted molar refractivity (Wildman–Crippen MR) is 131 cm³/mol. The first-order valence-electron chi connectivity index (χ1n) is 11.4. The Labute approximate surface area is 201 Å². The number of carboxylic acid groups (broad SMARTS) is 1. The van der Waals surface area contributed by atoms with Crippen molar-refractivity contribution in [3.8, 4) is 0 Å². The van der Waals surface area contributed by atoms with E-state index in [0.29, 0.717) is 17.0 Å². The number of amides is 1. The van der Waals surface area contributed by atoms with Gasteiger partial charge in [-0.2, -0.15) is 0 Å². The lowest BCUT2D eigenvalue weighted by molar-refractivity contribution is -0.139. The van der Waals surface area contributed by atoms with Gasteiger partial charge in [-0.15, -0.1) is 0 Å². The Hall–Kier alpha value is -4.22. The predicted octanol–water partition coefficient (Wildman–Crippen LogP) is 1.08. The number of carbonyl (C=O) groups is 2. The van der Waals surface area contributed by atoms with Crippen molar-refractivity contribution in [1.29, 1.82) is 0 Å². The fraction of sp³-hybridized carbons (Fsp3) is 0.391. The van der Waals surface area contributed by atoms with Crippen molar-refractivity contribution < 1.29 is 14.7 Å². The molecule has 1 aliphatic carbocycles. The van der Waals surface area contributed by atoms with E-state index in [-0.39, 0.29) is 30.3 Å². The Balaban J connectivity index is 1.65. The quantitative estimate of drug-likeness (QED) is 0.202. The van der Waals surface area contributed by atoms with E-state index in [4.69, 9.17) is 11.5 Å². The molecule has 0 aliphatic heterocycles. The van der Waals surface area contributed by atoms with Crippen LogP contribution >= 0.6 is 0 Å². The second kappa shape index (κ2) is 10.4. The van der Waals surface area contributed by atoms with Crippen LogP contribution in [0.15, 0.2) is 35.7 Å². The Bertz CT molecular complexity index is 1240. The summed E-state index contributed by atoms with van der Waals surface area (Å²) in [5, 5.41) is 16.3. The molecule has 1 aliphatic rings. The summed E-state index contributed by atoms with van der Waals surface area (Å²) >= 11 is 0. The van der Waals surface area contributed by atoms with E-state index < -0.39 is 17.9 Å². The molecule has 0 bridgehead atoms. The van der Waals surface area contributed by atoms with Gasteiger partial charge in [-0.3, -0.25) is 4.79 Å². The number of H-pyrrole nitrogens is 1.